The number of hydrogen-bond donors (Lipinski definition) is 1. The van der Waals surface area contributed by atoms with Crippen LogP contribution in [-0.4, -0.2) is 47.8 Å². The van der Waals surface area contributed by atoms with Crippen LogP contribution >= 0.6 is 11.6 Å². The number of amides is 2. The Labute approximate surface area is 244 Å². The van der Waals surface area contributed by atoms with Crippen LogP contribution in [-0.2, 0) is 13.0 Å². The van der Waals surface area contributed by atoms with Crippen molar-refractivity contribution >= 4 is 23.4 Å². The average Bonchev–Trinajstić information content (AvgIpc) is 3.38. The van der Waals surface area contributed by atoms with Crippen molar-refractivity contribution in [3.8, 4) is 0 Å². The predicted molar refractivity (Wildman–Crippen MR) is 155 cm³/mol. The summed E-state index contributed by atoms with van der Waals surface area (Å²) in [6, 6.07) is 16.4. The Morgan fingerprint density at radius 2 is 1.66 bits per heavy atom. The van der Waals surface area contributed by atoms with Crippen molar-refractivity contribution in [2.24, 2.45) is 5.41 Å². The Morgan fingerprint density at radius 1 is 0.927 bits per heavy atom. The number of nitrogens with zero attached hydrogens (tertiary/aromatic N) is 2. The standard InChI is InChI=1S/C33H34ClF2N3O2/c34-28-4-2-1-3-26(28)31(40)37-30-10-7-22-5-6-23(20-27(22)30)32(41)39-17-13-33(14-18-39)11-15-38(16-12-33)21-24-19-25(35)8-9-29(24)36/h1-6,8-9,19-20,30H,7,10-18,21H2,(H,37,40). The van der Waals surface area contributed by atoms with Crippen LogP contribution in [0.15, 0.2) is 60.7 Å². The smallest absolute Gasteiger partial charge is 0.253 e. The number of benzene rings is 3. The van der Waals surface area contributed by atoms with E-state index in [1.807, 2.05) is 23.1 Å². The first-order valence-corrected chi connectivity index (χ1v) is 14.8. The number of piperidine rings is 2. The average molecular weight is 578 g/mol. The van der Waals surface area contributed by atoms with Gasteiger partial charge in [0.05, 0.1) is 16.6 Å². The SMILES string of the molecule is O=C(NC1CCc2ccc(C(=O)N3CCC4(CCN(Cc5cc(F)ccc5F)CC4)CC3)cc21)c1ccccc1Cl. The van der Waals surface area contributed by atoms with E-state index in [4.69, 9.17) is 11.6 Å². The van der Waals surface area contributed by atoms with Crippen molar-refractivity contribution < 1.29 is 18.4 Å². The molecule has 214 valence electrons. The molecule has 2 heterocycles. The second kappa shape index (κ2) is 11.5. The zero-order valence-corrected chi connectivity index (χ0v) is 23.7. The summed E-state index contributed by atoms with van der Waals surface area (Å²) >= 11 is 6.22. The number of aryl methyl sites for hydroxylation is 1. The predicted octanol–water partition coefficient (Wildman–Crippen LogP) is 6.55. The summed E-state index contributed by atoms with van der Waals surface area (Å²) in [7, 11) is 0. The third kappa shape index (κ3) is 5.88. The maximum absolute atomic E-state index is 14.1. The number of carbonyl (C=O) groups is 2. The summed E-state index contributed by atoms with van der Waals surface area (Å²) in [5, 5.41) is 3.53. The quantitative estimate of drug-likeness (QED) is 0.374. The molecule has 2 fully saturated rings. The summed E-state index contributed by atoms with van der Waals surface area (Å²) in [5.74, 6) is -0.949. The Bertz CT molecular complexity index is 1460. The molecular weight excluding hydrogens is 544 g/mol. The summed E-state index contributed by atoms with van der Waals surface area (Å²) in [6.07, 6.45) is 5.53. The summed E-state index contributed by atoms with van der Waals surface area (Å²) in [6.45, 7) is 3.52. The first kappa shape index (κ1) is 27.9. The van der Waals surface area contributed by atoms with Crippen LogP contribution < -0.4 is 5.32 Å². The van der Waals surface area contributed by atoms with Crippen LogP contribution in [0.1, 0.15) is 75.6 Å². The topological polar surface area (TPSA) is 52.7 Å². The highest BCUT2D eigenvalue weighted by Gasteiger charge is 2.39. The molecule has 2 aliphatic heterocycles. The van der Waals surface area contributed by atoms with E-state index in [0.29, 0.717) is 41.3 Å². The largest absolute Gasteiger partial charge is 0.345 e. The van der Waals surface area contributed by atoms with Crippen LogP contribution in [0.5, 0.6) is 0 Å². The van der Waals surface area contributed by atoms with E-state index in [1.54, 1.807) is 24.3 Å². The second-order valence-corrected chi connectivity index (χ2v) is 12.2. The van der Waals surface area contributed by atoms with Gasteiger partial charge in [0.15, 0.2) is 0 Å². The maximum Gasteiger partial charge on any atom is 0.253 e. The van der Waals surface area contributed by atoms with E-state index in [9.17, 15) is 18.4 Å². The summed E-state index contributed by atoms with van der Waals surface area (Å²) in [4.78, 5) is 30.6. The molecule has 2 amide bonds. The Balaban J connectivity index is 1.05. The van der Waals surface area contributed by atoms with Gasteiger partial charge < -0.3 is 10.2 Å². The van der Waals surface area contributed by atoms with Gasteiger partial charge in [-0.1, -0.05) is 29.8 Å². The molecule has 0 aromatic heterocycles. The van der Waals surface area contributed by atoms with E-state index in [2.05, 4.69) is 10.2 Å². The first-order valence-electron chi connectivity index (χ1n) is 14.4. The van der Waals surface area contributed by atoms with Crippen molar-refractivity contribution in [3.05, 3.63) is 105 Å². The molecule has 1 unspecified atom stereocenters. The van der Waals surface area contributed by atoms with Crippen LogP contribution in [0, 0.1) is 17.0 Å². The molecule has 0 saturated carbocycles. The fraction of sp³-hybridized carbons (Fsp3) is 0.394. The Morgan fingerprint density at radius 3 is 2.41 bits per heavy atom. The van der Waals surface area contributed by atoms with Gasteiger partial charge in [-0.2, -0.15) is 0 Å². The molecule has 1 aliphatic carbocycles. The zero-order valence-electron chi connectivity index (χ0n) is 23.0. The molecule has 2 saturated heterocycles. The van der Waals surface area contributed by atoms with E-state index < -0.39 is 5.82 Å². The minimum absolute atomic E-state index is 0.0322. The highest BCUT2D eigenvalue weighted by atomic mass is 35.5. The van der Waals surface area contributed by atoms with E-state index in [1.165, 1.54) is 12.1 Å². The van der Waals surface area contributed by atoms with Gasteiger partial charge in [-0.25, -0.2) is 8.78 Å². The lowest BCUT2D eigenvalue weighted by atomic mass is 9.71. The third-order valence-corrected chi connectivity index (χ3v) is 9.65. The van der Waals surface area contributed by atoms with Crippen LogP contribution in [0.4, 0.5) is 8.78 Å². The minimum atomic E-state index is -0.410. The van der Waals surface area contributed by atoms with Crippen molar-refractivity contribution in [1.82, 2.24) is 15.1 Å². The van der Waals surface area contributed by atoms with Crippen LogP contribution in [0.3, 0.4) is 0 Å². The molecule has 3 aliphatic rings. The fourth-order valence-electron chi connectivity index (χ4n) is 6.72. The molecule has 1 atom stereocenters. The lowest BCUT2D eigenvalue weighted by molar-refractivity contribution is 0.0283. The van der Waals surface area contributed by atoms with Gasteiger partial charge in [-0.05, 0) is 111 Å². The molecule has 0 bridgehead atoms. The van der Waals surface area contributed by atoms with Crippen molar-refractivity contribution in [1.29, 1.82) is 0 Å². The summed E-state index contributed by atoms with van der Waals surface area (Å²) in [5.41, 5.74) is 3.87. The van der Waals surface area contributed by atoms with Gasteiger partial charge in [0.2, 0.25) is 0 Å². The normalized spacial score (nSPS) is 20.2. The first-order chi connectivity index (χ1) is 19.8. The lowest BCUT2D eigenvalue weighted by Gasteiger charge is -2.47. The molecule has 6 rings (SSSR count). The van der Waals surface area contributed by atoms with Crippen molar-refractivity contribution in [2.75, 3.05) is 26.2 Å². The Kier molecular flexibility index (Phi) is 7.84. The third-order valence-electron chi connectivity index (χ3n) is 9.32. The van der Waals surface area contributed by atoms with Crippen LogP contribution in [0.2, 0.25) is 5.02 Å². The number of halogens is 3. The van der Waals surface area contributed by atoms with Gasteiger partial charge >= 0.3 is 0 Å². The molecule has 1 N–H and O–H groups in total. The molecule has 5 nitrogen and oxygen atoms in total. The minimum Gasteiger partial charge on any atom is -0.345 e. The van der Waals surface area contributed by atoms with Gasteiger partial charge in [-0.15, -0.1) is 0 Å². The number of nitrogens with one attached hydrogen (secondary N) is 1. The molecule has 41 heavy (non-hydrogen) atoms. The number of carbonyl (C=O) groups excluding carboxylic acids is 2. The number of rotatable bonds is 5. The molecule has 3 aromatic carbocycles. The molecule has 8 heteroatoms. The fourth-order valence-corrected chi connectivity index (χ4v) is 6.95. The number of hydrogen-bond acceptors (Lipinski definition) is 3. The molecule has 0 radical (unpaired) electrons. The van der Waals surface area contributed by atoms with Crippen molar-refractivity contribution in [3.63, 3.8) is 0 Å². The highest BCUT2D eigenvalue weighted by molar-refractivity contribution is 6.33. The van der Waals surface area contributed by atoms with E-state index in [-0.39, 0.29) is 29.1 Å². The molecule has 3 aromatic rings. The number of fused-ring (bicyclic) bond motifs is 1. The van der Waals surface area contributed by atoms with Gasteiger partial charge in [-0.3, -0.25) is 14.5 Å². The zero-order chi connectivity index (χ0) is 28.6. The van der Waals surface area contributed by atoms with E-state index >= 15 is 0 Å². The van der Waals surface area contributed by atoms with Gasteiger partial charge in [0, 0.05) is 30.8 Å². The number of likely N-dealkylation sites (tertiary alicyclic amines) is 2. The highest BCUT2D eigenvalue weighted by Crippen LogP contribution is 2.42. The van der Waals surface area contributed by atoms with Gasteiger partial charge in [0.25, 0.3) is 11.8 Å². The van der Waals surface area contributed by atoms with Gasteiger partial charge in [0.1, 0.15) is 11.6 Å². The van der Waals surface area contributed by atoms with E-state index in [0.717, 1.165) is 68.8 Å². The second-order valence-electron chi connectivity index (χ2n) is 11.8. The van der Waals surface area contributed by atoms with Crippen molar-refractivity contribution in [2.45, 2.75) is 51.1 Å². The molecular formula is C33H34ClF2N3O2. The lowest BCUT2D eigenvalue weighted by Crippen LogP contribution is -2.48. The Hall–Kier alpha value is -3.29. The summed E-state index contributed by atoms with van der Waals surface area (Å²) < 4.78 is 27.7. The molecule has 1 spiro atoms. The maximum atomic E-state index is 14.1. The van der Waals surface area contributed by atoms with Crippen LogP contribution in [0.25, 0.3) is 0 Å². The monoisotopic (exact) mass is 577 g/mol.